The van der Waals surface area contributed by atoms with E-state index in [1.54, 1.807) is 4.90 Å². The molecule has 4 atom stereocenters. The summed E-state index contributed by atoms with van der Waals surface area (Å²) < 4.78 is 27.9. The van der Waals surface area contributed by atoms with Gasteiger partial charge in [0.15, 0.2) is 0 Å². The van der Waals surface area contributed by atoms with Crippen LogP contribution in [0.1, 0.15) is 63.5 Å². The van der Waals surface area contributed by atoms with E-state index in [0.717, 1.165) is 11.1 Å². The molecule has 2 aliphatic rings. The lowest BCUT2D eigenvalue weighted by molar-refractivity contribution is -0.150. The molecule has 0 bridgehead atoms. The number of likely N-dealkylation sites (tertiary alicyclic amines) is 1. The standard InChI is InChI=1S/C39H60N8O6S/c1-28(2)23-33(44-37(50)34(25-30-15-9-6-10-16-30)43-35(48)31(41)24-29-13-7-5-8-14-29)36(49)42-32(17-11-12-20-40)38(51)46-26-39(27-46)18-21-47(22-19-39)54(52,53)45(3)4/h5-10,13-16,28,31-34H,11-12,17-27,40-41H2,1-4H3,(H,42,49)(H,43,48)(H,44,50)/t31?,32-,33-,34-/m1/s1. The van der Waals surface area contributed by atoms with E-state index < -0.39 is 52.1 Å². The summed E-state index contributed by atoms with van der Waals surface area (Å²) in [6, 6.07) is 15.0. The predicted octanol–water partition coefficient (Wildman–Crippen LogP) is 1.16. The van der Waals surface area contributed by atoms with Gasteiger partial charge in [-0.15, -0.1) is 0 Å². The average molecular weight is 769 g/mol. The molecule has 15 heteroatoms. The number of piperidine rings is 1. The maximum Gasteiger partial charge on any atom is 0.281 e. The van der Waals surface area contributed by atoms with Crippen molar-refractivity contribution < 1.29 is 27.6 Å². The number of rotatable bonds is 19. The first kappa shape index (κ1) is 42.8. The van der Waals surface area contributed by atoms with Gasteiger partial charge in [-0.2, -0.15) is 17.0 Å². The molecule has 1 unspecified atom stereocenters. The van der Waals surface area contributed by atoms with Crippen LogP contribution in [0.15, 0.2) is 60.7 Å². The number of carbonyl (C=O) groups is 4. The van der Waals surface area contributed by atoms with Crippen LogP contribution in [0, 0.1) is 11.3 Å². The molecule has 0 saturated carbocycles. The number of nitrogens with two attached hydrogens (primary N) is 2. The van der Waals surface area contributed by atoms with Gasteiger partial charge in [0.05, 0.1) is 6.04 Å². The third kappa shape index (κ3) is 11.8. The lowest BCUT2D eigenvalue weighted by Gasteiger charge is -2.54. The number of hydrogen-bond donors (Lipinski definition) is 5. The molecule has 2 aromatic carbocycles. The van der Waals surface area contributed by atoms with Crippen molar-refractivity contribution in [3.63, 3.8) is 0 Å². The highest BCUT2D eigenvalue weighted by atomic mass is 32.2. The van der Waals surface area contributed by atoms with Crippen LogP contribution in [0.3, 0.4) is 0 Å². The molecule has 4 amide bonds. The largest absolute Gasteiger partial charge is 0.343 e. The number of benzene rings is 2. The second-order valence-electron chi connectivity index (χ2n) is 15.5. The number of unbranched alkanes of at least 4 members (excludes halogenated alkanes) is 1. The highest BCUT2D eigenvalue weighted by Crippen LogP contribution is 2.41. The van der Waals surface area contributed by atoms with Crippen molar-refractivity contribution in [1.82, 2.24) is 29.5 Å². The number of amides is 4. The summed E-state index contributed by atoms with van der Waals surface area (Å²) in [6.45, 7) is 6.09. The van der Waals surface area contributed by atoms with Gasteiger partial charge in [-0.05, 0) is 68.5 Å². The first-order valence-corrected chi connectivity index (χ1v) is 20.4. The third-order valence-corrected chi connectivity index (χ3v) is 12.3. The second kappa shape index (κ2) is 19.6. The smallest absolute Gasteiger partial charge is 0.281 e. The minimum Gasteiger partial charge on any atom is -0.343 e. The molecule has 0 aliphatic carbocycles. The first-order valence-electron chi connectivity index (χ1n) is 19.0. The van der Waals surface area contributed by atoms with E-state index in [-0.39, 0.29) is 23.7 Å². The summed E-state index contributed by atoms with van der Waals surface area (Å²) >= 11 is 0. The molecule has 54 heavy (non-hydrogen) atoms. The van der Waals surface area contributed by atoms with Gasteiger partial charge >= 0.3 is 0 Å². The van der Waals surface area contributed by atoms with E-state index in [2.05, 4.69) is 16.0 Å². The number of carbonyl (C=O) groups excluding carboxylic acids is 4. The Hall–Kier alpha value is -3.89. The minimum atomic E-state index is -3.50. The zero-order valence-corrected chi connectivity index (χ0v) is 33.0. The average Bonchev–Trinajstić information content (AvgIpc) is 3.13. The van der Waals surface area contributed by atoms with Gasteiger partial charge in [0.1, 0.15) is 18.1 Å². The van der Waals surface area contributed by atoms with E-state index in [1.807, 2.05) is 74.5 Å². The fraction of sp³-hybridized carbons (Fsp3) is 0.590. The molecule has 14 nitrogen and oxygen atoms in total. The van der Waals surface area contributed by atoms with Crippen LogP contribution in [-0.4, -0.2) is 117 Å². The summed E-state index contributed by atoms with van der Waals surface area (Å²) in [7, 11) is -0.464. The quantitative estimate of drug-likeness (QED) is 0.131. The zero-order valence-electron chi connectivity index (χ0n) is 32.2. The van der Waals surface area contributed by atoms with Gasteiger partial charge in [0.25, 0.3) is 10.2 Å². The Morgan fingerprint density at radius 1 is 0.778 bits per heavy atom. The van der Waals surface area contributed by atoms with Crippen molar-refractivity contribution >= 4 is 33.8 Å². The van der Waals surface area contributed by atoms with Gasteiger partial charge in [0.2, 0.25) is 23.6 Å². The summed E-state index contributed by atoms with van der Waals surface area (Å²) in [4.78, 5) is 56.9. The Bertz CT molecular complexity index is 1640. The van der Waals surface area contributed by atoms with Crippen molar-refractivity contribution in [1.29, 1.82) is 0 Å². The zero-order chi connectivity index (χ0) is 39.5. The molecule has 298 valence electrons. The molecule has 2 aromatic rings. The molecule has 0 aromatic heterocycles. The first-order chi connectivity index (χ1) is 25.6. The second-order valence-corrected chi connectivity index (χ2v) is 17.6. The fourth-order valence-corrected chi connectivity index (χ4v) is 8.28. The fourth-order valence-electron chi connectivity index (χ4n) is 7.17. The molecule has 2 heterocycles. The molecule has 2 fully saturated rings. The molecule has 2 saturated heterocycles. The number of nitrogens with zero attached hydrogens (tertiary/aromatic N) is 3. The molecular weight excluding hydrogens is 709 g/mol. The Morgan fingerprint density at radius 3 is 1.83 bits per heavy atom. The Balaban J connectivity index is 1.44. The van der Waals surface area contributed by atoms with Crippen molar-refractivity contribution in [2.75, 3.05) is 46.8 Å². The van der Waals surface area contributed by atoms with E-state index >= 15 is 0 Å². The Morgan fingerprint density at radius 2 is 1.30 bits per heavy atom. The maximum atomic E-state index is 14.0. The van der Waals surface area contributed by atoms with E-state index in [1.165, 1.54) is 22.7 Å². The van der Waals surface area contributed by atoms with Gasteiger partial charge < -0.3 is 32.3 Å². The van der Waals surface area contributed by atoms with Crippen LogP contribution in [0.25, 0.3) is 0 Å². The molecule has 7 N–H and O–H groups in total. The van der Waals surface area contributed by atoms with Gasteiger partial charge in [-0.25, -0.2) is 0 Å². The molecule has 1 spiro atoms. The highest BCUT2D eigenvalue weighted by molar-refractivity contribution is 7.86. The summed E-state index contributed by atoms with van der Waals surface area (Å²) in [6.07, 6.45) is 3.76. The molecule has 4 rings (SSSR count). The minimum absolute atomic E-state index is 0.0197. The van der Waals surface area contributed by atoms with Crippen LogP contribution in [0.5, 0.6) is 0 Å². The van der Waals surface area contributed by atoms with E-state index in [9.17, 15) is 27.6 Å². The van der Waals surface area contributed by atoms with Gasteiger partial charge in [-0.1, -0.05) is 74.5 Å². The Labute approximate surface area is 320 Å². The number of hydrogen-bond acceptors (Lipinski definition) is 8. The van der Waals surface area contributed by atoms with E-state index in [4.69, 9.17) is 11.5 Å². The summed E-state index contributed by atoms with van der Waals surface area (Å²) in [5.74, 6) is -1.68. The van der Waals surface area contributed by atoms with E-state index in [0.29, 0.717) is 77.7 Å². The summed E-state index contributed by atoms with van der Waals surface area (Å²) in [5, 5.41) is 8.68. The summed E-state index contributed by atoms with van der Waals surface area (Å²) in [5.41, 5.74) is 13.6. The molecule has 2 aliphatic heterocycles. The molecule has 0 radical (unpaired) electrons. The van der Waals surface area contributed by atoms with Crippen LogP contribution in [0.2, 0.25) is 0 Å². The predicted molar refractivity (Wildman–Crippen MR) is 209 cm³/mol. The maximum absolute atomic E-state index is 14.0. The van der Waals surface area contributed by atoms with Gasteiger partial charge in [0, 0.05) is 52.1 Å². The van der Waals surface area contributed by atoms with Crippen molar-refractivity contribution in [2.45, 2.75) is 89.4 Å². The van der Waals surface area contributed by atoms with Gasteiger partial charge in [-0.3, -0.25) is 19.2 Å². The lowest BCUT2D eigenvalue weighted by atomic mass is 9.72. The highest BCUT2D eigenvalue weighted by Gasteiger charge is 2.49. The monoisotopic (exact) mass is 768 g/mol. The van der Waals surface area contributed by atoms with Crippen LogP contribution in [0.4, 0.5) is 0 Å². The molecular formula is C39H60N8O6S. The van der Waals surface area contributed by atoms with Crippen molar-refractivity contribution in [2.24, 2.45) is 22.8 Å². The lowest BCUT2D eigenvalue weighted by Crippen LogP contribution is -2.66. The Kier molecular flexibility index (Phi) is 15.6. The normalized spacial score (nSPS) is 18.0. The van der Waals surface area contributed by atoms with Crippen LogP contribution >= 0.6 is 0 Å². The van der Waals surface area contributed by atoms with Crippen molar-refractivity contribution in [3.8, 4) is 0 Å². The number of nitrogens with one attached hydrogen (secondary N) is 3. The third-order valence-electron chi connectivity index (χ3n) is 10.4. The SMILES string of the molecule is CC(C)C[C@@H](NC(=O)[C@@H](Cc1ccccc1)NC(=O)C(N)Cc1ccccc1)C(=O)N[C@H](CCCCN)C(=O)N1CC2(CCN(S(=O)(=O)N(C)C)CC2)C1. The van der Waals surface area contributed by atoms with Crippen molar-refractivity contribution in [3.05, 3.63) is 71.8 Å². The van der Waals surface area contributed by atoms with Crippen LogP contribution < -0.4 is 27.4 Å². The van der Waals surface area contributed by atoms with Crippen LogP contribution in [-0.2, 0) is 42.2 Å². The topological polar surface area (TPSA) is 200 Å².